The van der Waals surface area contributed by atoms with Crippen molar-refractivity contribution in [3.05, 3.63) is 51.7 Å². The van der Waals surface area contributed by atoms with Crippen molar-refractivity contribution in [1.82, 2.24) is 4.90 Å². The molecule has 1 aromatic carbocycles. The number of rotatable bonds is 8. The molecule has 1 amide bonds. The van der Waals surface area contributed by atoms with Crippen LogP contribution in [0.25, 0.3) is 0 Å². The molecule has 7 heteroatoms. The molecule has 1 aromatic heterocycles. The van der Waals surface area contributed by atoms with Crippen LogP contribution in [0.5, 0.6) is 0 Å². The van der Waals surface area contributed by atoms with E-state index in [2.05, 4.69) is 36.2 Å². The summed E-state index contributed by atoms with van der Waals surface area (Å²) in [4.78, 5) is 39.5. The molecule has 31 heavy (non-hydrogen) atoms. The van der Waals surface area contributed by atoms with Gasteiger partial charge in [-0.1, -0.05) is 38.1 Å². The van der Waals surface area contributed by atoms with Gasteiger partial charge < -0.3 is 10.1 Å². The second kappa shape index (κ2) is 10.7. The molecule has 1 aliphatic rings. The zero-order valence-electron chi connectivity index (χ0n) is 18.3. The number of amides is 1. The highest BCUT2D eigenvalue weighted by atomic mass is 32.1. The van der Waals surface area contributed by atoms with Gasteiger partial charge in [-0.25, -0.2) is 4.79 Å². The number of benzene rings is 1. The highest BCUT2D eigenvalue weighted by molar-refractivity contribution is 7.12. The number of hydrogen-bond donors (Lipinski definition) is 1. The zero-order valence-corrected chi connectivity index (χ0v) is 19.2. The maximum Gasteiger partial charge on any atom is 0.350 e. The van der Waals surface area contributed by atoms with Crippen molar-refractivity contribution in [2.45, 2.75) is 33.1 Å². The molecule has 1 fully saturated rings. The summed E-state index contributed by atoms with van der Waals surface area (Å²) in [6.45, 7) is 6.00. The van der Waals surface area contributed by atoms with Gasteiger partial charge in [0.1, 0.15) is 4.88 Å². The summed E-state index contributed by atoms with van der Waals surface area (Å²) >= 11 is 1.23. The number of thiophene rings is 1. The summed E-state index contributed by atoms with van der Waals surface area (Å²) in [5, 5.41) is 4.54. The van der Waals surface area contributed by atoms with Crippen molar-refractivity contribution < 1.29 is 19.1 Å². The first-order valence-corrected chi connectivity index (χ1v) is 11.6. The third kappa shape index (κ3) is 6.24. The number of methoxy groups -OCH3 is 1. The topological polar surface area (TPSA) is 75.7 Å². The van der Waals surface area contributed by atoms with Crippen LogP contribution in [-0.4, -0.2) is 49.3 Å². The summed E-state index contributed by atoms with van der Waals surface area (Å²) < 4.78 is 4.74. The first kappa shape index (κ1) is 23.2. The minimum atomic E-state index is -0.457. The molecule has 0 unspecified atom stereocenters. The van der Waals surface area contributed by atoms with Crippen LogP contribution in [0.2, 0.25) is 0 Å². The van der Waals surface area contributed by atoms with Gasteiger partial charge in [-0.05, 0) is 55.3 Å². The lowest BCUT2D eigenvalue weighted by Crippen LogP contribution is -2.40. The summed E-state index contributed by atoms with van der Waals surface area (Å²) in [6, 6.07) is 9.70. The number of ether oxygens (including phenoxy) is 1. The number of hydrogen-bond acceptors (Lipinski definition) is 6. The Morgan fingerprint density at radius 1 is 1.13 bits per heavy atom. The number of nitrogens with zero attached hydrogens (tertiary/aromatic N) is 1. The predicted molar refractivity (Wildman–Crippen MR) is 123 cm³/mol. The molecule has 0 radical (unpaired) electrons. The number of likely N-dealkylation sites (tertiary alicyclic amines) is 1. The first-order chi connectivity index (χ1) is 14.9. The third-order valence-corrected chi connectivity index (χ3v) is 6.41. The molecular weight excluding hydrogens is 412 g/mol. The molecule has 166 valence electrons. The number of carbonyl (C=O) groups is 3. The molecule has 2 heterocycles. The van der Waals surface area contributed by atoms with Crippen LogP contribution in [-0.2, 0) is 16.0 Å². The van der Waals surface area contributed by atoms with Crippen molar-refractivity contribution in [1.29, 1.82) is 0 Å². The molecule has 0 atom stereocenters. The molecule has 0 bridgehead atoms. The summed E-state index contributed by atoms with van der Waals surface area (Å²) in [6.07, 6.45) is 2.50. The van der Waals surface area contributed by atoms with Gasteiger partial charge in [-0.15, -0.1) is 11.3 Å². The van der Waals surface area contributed by atoms with Gasteiger partial charge >= 0.3 is 5.97 Å². The SMILES string of the molecule is COC(=O)c1sccc1NC(=O)CN1CCC(C(=O)c2ccc(CC(C)C)cc2)CC1. The van der Waals surface area contributed by atoms with Crippen molar-refractivity contribution in [2.24, 2.45) is 11.8 Å². The van der Waals surface area contributed by atoms with E-state index < -0.39 is 5.97 Å². The maximum atomic E-state index is 12.9. The Morgan fingerprint density at radius 3 is 2.42 bits per heavy atom. The molecule has 1 saturated heterocycles. The van der Waals surface area contributed by atoms with Crippen LogP contribution in [0.3, 0.4) is 0 Å². The Hall–Kier alpha value is -2.51. The Morgan fingerprint density at radius 2 is 1.81 bits per heavy atom. The Balaban J connectivity index is 1.48. The number of anilines is 1. The number of ketones is 1. The monoisotopic (exact) mass is 442 g/mol. The lowest BCUT2D eigenvalue weighted by atomic mass is 9.88. The molecule has 3 rings (SSSR count). The van der Waals surface area contributed by atoms with E-state index >= 15 is 0 Å². The maximum absolute atomic E-state index is 12.9. The van der Waals surface area contributed by atoms with Gasteiger partial charge in [-0.3, -0.25) is 14.5 Å². The molecule has 0 saturated carbocycles. The van der Waals surface area contributed by atoms with Crippen LogP contribution in [0.1, 0.15) is 52.3 Å². The van der Waals surface area contributed by atoms with E-state index in [9.17, 15) is 14.4 Å². The highest BCUT2D eigenvalue weighted by Crippen LogP contribution is 2.24. The minimum absolute atomic E-state index is 0.00180. The molecule has 0 spiro atoms. The first-order valence-electron chi connectivity index (χ1n) is 10.7. The fourth-order valence-corrected chi connectivity index (χ4v) is 4.68. The lowest BCUT2D eigenvalue weighted by Gasteiger charge is -2.30. The minimum Gasteiger partial charge on any atom is -0.465 e. The van der Waals surface area contributed by atoms with E-state index in [1.807, 2.05) is 12.1 Å². The number of Topliss-reactive ketones (excluding diaryl/α,β-unsaturated/α-hetero) is 1. The van der Waals surface area contributed by atoms with Gasteiger partial charge in [0, 0.05) is 11.5 Å². The quantitative estimate of drug-likeness (QED) is 0.488. The highest BCUT2D eigenvalue weighted by Gasteiger charge is 2.27. The zero-order chi connectivity index (χ0) is 22.4. The van der Waals surface area contributed by atoms with Gasteiger partial charge in [0.15, 0.2) is 5.78 Å². The van der Waals surface area contributed by atoms with E-state index in [1.54, 1.807) is 11.4 Å². The lowest BCUT2D eigenvalue weighted by molar-refractivity contribution is -0.117. The van der Waals surface area contributed by atoms with Crippen LogP contribution in [0.15, 0.2) is 35.7 Å². The molecule has 0 aliphatic carbocycles. The summed E-state index contributed by atoms with van der Waals surface area (Å²) in [7, 11) is 1.32. The Bertz CT molecular complexity index is 912. The standard InChI is InChI=1S/C24H30N2O4S/c1-16(2)14-17-4-6-18(7-5-17)22(28)19-8-11-26(12-9-19)15-21(27)25-20-10-13-31-23(20)24(29)30-3/h4-7,10,13,16,19H,8-9,11-12,14-15H2,1-3H3,(H,25,27). The average molecular weight is 443 g/mol. The van der Waals surface area contributed by atoms with Gasteiger partial charge in [0.05, 0.1) is 19.3 Å². The molecular formula is C24H30N2O4S. The predicted octanol–water partition coefficient (Wildman–Crippen LogP) is 4.27. The summed E-state index contributed by atoms with van der Waals surface area (Å²) in [5.74, 6) is 0.157. The average Bonchev–Trinajstić information content (AvgIpc) is 3.21. The van der Waals surface area contributed by atoms with Crippen LogP contribution in [0.4, 0.5) is 5.69 Å². The molecule has 2 aromatic rings. The van der Waals surface area contributed by atoms with Gasteiger partial charge in [0.25, 0.3) is 0 Å². The third-order valence-electron chi connectivity index (χ3n) is 5.52. The van der Waals surface area contributed by atoms with Crippen molar-refractivity contribution >= 4 is 34.7 Å². The molecule has 1 aliphatic heterocycles. The number of piperidine rings is 1. The van der Waals surface area contributed by atoms with E-state index in [-0.39, 0.29) is 24.2 Å². The smallest absolute Gasteiger partial charge is 0.350 e. The van der Waals surface area contributed by atoms with Crippen molar-refractivity contribution in [3.63, 3.8) is 0 Å². The normalized spacial score (nSPS) is 15.1. The fraction of sp³-hybridized carbons (Fsp3) is 0.458. The number of carbonyl (C=O) groups excluding carboxylic acids is 3. The van der Waals surface area contributed by atoms with Crippen molar-refractivity contribution in [3.8, 4) is 0 Å². The van der Waals surface area contributed by atoms with Gasteiger partial charge in [-0.2, -0.15) is 0 Å². The van der Waals surface area contributed by atoms with E-state index in [0.29, 0.717) is 29.6 Å². The van der Waals surface area contributed by atoms with Crippen LogP contribution in [0, 0.1) is 11.8 Å². The van der Waals surface area contributed by atoms with Crippen molar-refractivity contribution in [2.75, 3.05) is 32.1 Å². The van der Waals surface area contributed by atoms with E-state index in [1.165, 1.54) is 24.0 Å². The number of nitrogens with one attached hydrogen (secondary N) is 1. The number of esters is 1. The largest absolute Gasteiger partial charge is 0.465 e. The summed E-state index contributed by atoms with van der Waals surface area (Å²) in [5.41, 5.74) is 2.51. The van der Waals surface area contributed by atoms with Crippen LogP contribution < -0.4 is 5.32 Å². The Kier molecular flexibility index (Phi) is 7.98. The second-order valence-corrected chi connectivity index (χ2v) is 9.33. The fourth-order valence-electron chi connectivity index (χ4n) is 3.92. The van der Waals surface area contributed by atoms with E-state index in [0.717, 1.165) is 24.8 Å². The molecule has 1 N–H and O–H groups in total. The van der Waals surface area contributed by atoms with Gasteiger partial charge in [0.2, 0.25) is 5.91 Å². The molecule has 6 nitrogen and oxygen atoms in total. The second-order valence-electron chi connectivity index (χ2n) is 8.41. The Labute approximate surface area is 187 Å². The van der Waals surface area contributed by atoms with Crippen LogP contribution >= 0.6 is 11.3 Å². The van der Waals surface area contributed by atoms with E-state index in [4.69, 9.17) is 4.74 Å².